The van der Waals surface area contributed by atoms with E-state index in [1.807, 2.05) is 11.5 Å². The molecule has 0 radical (unpaired) electrons. The van der Waals surface area contributed by atoms with Gasteiger partial charge in [-0.25, -0.2) is 14.6 Å². The number of rotatable bonds is 3. The van der Waals surface area contributed by atoms with Crippen LogP contribution < -0.4 is 11.1 Å². The summed E-state index contributed by atoms with van der Waals surface area (Å²) in [5.74, 6) is 0.944. The van der Waals surface area contributed by atoms with Crippen LogP contribution >= 0.6 is 0 Å². The van der Waals surface area contributed by atoms with Crippen LogP contribution in [0.15, 0.2) is 35.4 Å². The molecule has 3 heterocycles. The van der Waals surface area contributed by atoms with Crippen molar-refractivity contribution in [3.63, 3.8) is 0 Å². The van der Waals surface area contributed by atoms with E-state index < -0.39 is 5.91 Å². The number of nitrogens with zero attached hydrogens (tertiary/aromatic N) is 5. The Bertz CT molecular complexity index is 775. The highest BCUT2D eigenvalue weighted by atomic mass is 16.6. The van der Waals surface area contributed by atoms with Crippen molar-refractivity contribution in [2.24, 2.45) is 0 Å². The quantitative estimate of drug-likeness (QED) is 0.728. The maximum absolute atomic E-state index is 11.9. The van der Waals surface area contributed by atoms with Gasteiger partial charge in [0, 0.05) is 12.4 Å². The van der Waals surface area contributed by atoms with E-state index in [-0.39, 0.29) is 11.5 Å². The van der Waals surface area contributed by atoms with Gasteiger partial charge in [0.2, 0.25) is 11.5 Å². The minimum absolute atomic E-state index is 0.0638. The average molecular weight is 285 g/mol. The van der Waals surface area contributed by atoms with Crippen LogP contribution in [0, 0.1) is 6.92 Å². The third kappa shape index (κ3) is 2.43. The molecule has 0 aliphatic carbocycles. The lowest BCUT2D eigenvalue weighted by atomic mass is 10.3. The van der Waals surface area contributed by atoms with Crippen LogP contribution in [0.3, 0.4) is 0 Å². The summed E-state index contributed by atoms with van der Waals surface area (Å²) in [7, 11) is 0. The number of nitrogens with one attached hydrogen (secondary N) is 1. The topological polar surface area (TPSA) is 125 Å². The predicted octanol–water partition coefficient (Wildman–Crippen LogP) is 0.793. The van der Waals surface area contributed by atoms with Gasteiger partial charge in [-0.15, -0.1) is 0 Å². The van der Waals surface area contributed by atoms with E-state index in [9.17, 15) is 4.79 Å². The van der Waals surface area contributed by atoms with Crippen molar-refractivity contribution in [3.8, 4) is 5.82 Å². The van der Waals surface area contributed by atoms with Crippen LogP contribution in [0.2, 0.25) is 0 Å². The van der Waals surface area contributed by atoms with Gasteiger partial charge in [0.15, 0.2) is 0 Å². The molecule has 1 amide bonds. The van der Waals surface area contributed by atoms with Crippen molar-refractivity contribution in [3.05, 3.63) is 42.2 Å². The number of carbonyl (C=O) groups excluding carboxylic acids is 1. The number of carbonyl (C=O) groups is 1. The third-order valence-electron chi connectivity index (χ3n) is 2.81. The van der Waals surface area contributed by atoms with E-state index >= 15 is 0 Å². The van der Waals surface area contributed by atoms with Crippen LogP contribution in [0.1, 0.15) is 16.3 Å². The summed E-state index contributed by atoms with van der Waals surface area (Å²) in [6.07, 6.45) is 5.01. The van der Waals surface area contributed by atoms with Crippen molar-refractivity contribution in [2.75, 3.05) is 11.1 Å². The predicted molar refractivity (Wildman–Crippen MR) is 72.8 cm³/mol. The lowest BCUT2D eigenvalue weighted by Gasteiger charge is -2.06. The molecular weight excluding hydrogens is 274 g/mol. The second-order valence-corrected chi connectivity index (χ2v) is 4.20. The van der Waals surface area contributed by atoms with Gasteiger partial charge in [0.25, 0.3) is 5.91 Å². The Morgan fingerprint density at radius 1 is 1.33 bits per heavy atom. The molecule has 106 valence electrons. The molecule has 0 aliphatic heterocycles. The highest BCUT2D eigenvalue weighted by Gasteiger charge is 2.16. The van der Waals surface area contributed by atoms with Gasteiger partial charge in [-0.05, 0) is 29.4 Å². The van der Waals surface area contributed by atoms with E-state index in [0.717, 1.165) is 5.82 Å². The van der Waals surface area contributed by atoms with Gasteiger partial charge in [-0.1, -0.05) is 0 Å². The number of amides is 1. The second kappa shape index (κ2) is 5.04. The highest BCUT2D eigenvalue weighted by Crippen LogP contribution is 2.13. The molecule has 9 heteroatoms. The molecule has 0 aromatic carbocycles. The molecular formula is C12H11N7O2. The molecule has 0 spiro atoms. The first-order chi connectivity index (χ1) is 10.1. The number of aryl methyl sites for hydroxylation is 1. The molecule has 0 aliphatic rings. The van der Waals surface area contributed by atoms with E-state index in [1.54, 1.807) is 24.5 Å². The molecule has 3 aromatic heterocycles. The van der Waals surface area contributed by atoms with Crippen LogP contribution in [-0.4, -0.2) is 30.8 Å². The second-order valence-electron chi connectivity index (χ2n) is 4.20. The smallest absolute Gasteiger partial charge is 0.281 e. The summed E-state index contributed by atoms with van der Waals surface area (Å²) in [5.41, 5.74) is 5.88. The van der Waals surface area contributed by atoms with Crippen LogP contribution in [0.25, 0.3) is 5.82 Å². The number of imidazole rings is 1. The third-order valence-corrected chi connectivity index (χ3v) is 2.81. The largest absolute Gasteiger partial charge is 0.379 e. The molecule has 9 nitrogen and oxygen atoms in total. The summed E-state index contributed by atoms with van der Waals surface area (Å²) < 4.78 is 6.20. The molecule has 0 saturated heterocycles. The van der Waals surface area contributed by atoms with Gasteiger partial charge in [-0.2, -0.15) is 0 Å². The van der Waals surface area contributed by atoms with Gasteiger partial charge in [0.1, 0.15) is 11.6 Å². The monoisotopic (exact) mass is 285 g/mol. The fraction of sp³-hybridized carbons (Fsp3) is 0.0833. The molecule has 3 rings (SSSR count). The fourth-order valence-electron chi connectivity index (χ4n) is 1.77. The van der Waals surface area contributed by atoms with Crippen LogP contribution in [0.5, 0.6) is 0 Å². The van der Waals surface area contributed by atoms with Gasteiger partial charge in [-0.3, -0.25) is 9.36 Å². The Hall–Kier alpha value is -3.23. The van der Waals surface area contributed by atoms with E-state index in [4.69, 9.17) is 5.73 Å². The number of hydrogen-bond acceptors (Lipinski definition) is 7. The Balaban J connectivity index is 1.78. The summed E-state index contributed by atoms with van der Waals surface area (Å²) in [6.45, 7) is 1.87. The molecule has 0 atom stereocenters. The Kier molecular flexibility index (Phi) is 3.07. The molecule has 3 N–H and O–H groups in total. The molecule has 0 unspecified atom stereocenters. The average Bonchev–Trinajstić information content (AvgIpc) is 3.08. The van der Waals surface area contributed by atoms with Crippen molar-refractivity contribution in [1.82, 2.24) is 24.8 Å². The van der Waals surface area contributed by atoms with Crippen molar-refractivity contribution in [1.29, 1.82) is 0 Å². The Morgan fingerprint density at radius 2 is 2.19 bits per heavy atom. The zero-order valence-corrected chi connectivity index (χ0v) is 11.0. The Morgan fingerprint density at radius 3 is 2.76 bits per heavy atom. The van der Waals surface area contributed by atoms with E-state index in [0.29, 0.717) is 11.5 Å². The zero-order chi connectivity index (χ0) is 14.8. The molecule has 0 bridgehead atoms. The first kappa shape index (κ1) is 12.8. The highest BCUT2D eigenvalue weighted by molar-refractivity contribution is 6.05. The summed E-state index contributed by atoms with van der Waals surface area (Å²) in [4.78, 5) is 20.2. The van der Waals surface area contributed by atoms with Crippen molar-refractivity contribution < 1.29 is 9.42 Å². The zero-order valence-electron chi connectivity index (χ0n) is 11.0. The molecule has 21 heavy (non-hydrogen) atoms. The summed E-state index contributed by atoms with van der Waals surface area (Å²) >= 11 is 0. The minimum Gasteiger partial charge on any atom is -0.379 e. The summed E-state index contributed by atoms with van der Waals surface area (Å²) in [5, 5.41) is 9.37. The maximum atomic E-state index is 11.9. The van der Waals surface area contributed by atoms with Crippen LogP contribution in [0.4, 0.5) is 11.5 Å². The summed E-state index contributed by atoms with van der Waals surface area (Å²) in [6, 6.07) is 3.47. The molecule has 0 saturated carbocycles. The normalized spacial score (nSPS) is 10.5. The first-order valence-corrected chi connectivity index (χ1v) is 6.01. The van der Waals surface area contributed by atoms with Crippen molar-refractivity contribution >= 4 is 17.4 Å². The number of aromatic nitrogens is 5. The van der Waals surface area contributed by atoms with Crippen molar-refractivity contribution in [2.45, 2.75) is 6.92 Å². The number of nitrogens with two attached hydrogens (primary N) is 1. The van der Waals surface area contributed by atoms with Gasteiger partial charge >= 0.3 is 0 Å². The number of anilines is 2. The van der Waals surface area contributed by atoms with E-state index in [2.05, 4.69) is 30.2 Å². The van der Waals surface area contributed by atoms with Crippen LogP contribution in [-0.2, 0) is 0 Å². The fourth-order valence-corrected chi connectivity index (χ4v) is 1.77. The standard InChI is InChI=1S/C12H11N7O2/c1-7-14-4-5-19(7)9-3-2-8(6-15-9)16-12(20)10-11(13)18-21-17-10/h2-6H,1H3,(H2,13,18)(H,16,20). The van der Waals surface area contributed by atoms with E-state index in [1.165, 1.54) is 6.20 Å². The first-order valence-electron chi connectivity index (χ1n) is 6.01. The number of hydrogen-bond donors (Lipinski definition) is 2. The maximum Gasteiger partial charge on any atom is 0.281 e. The lowest BCUT2D eigenvalue weighted by molar-refractivity contribution is 0.101. The van der Waals surface area contributed by atoms with Gasteiger partial charge in [0.05, 0.1) is 11.9 Å². The number of nitrogen functional groups attached to an aromatic ring is 1. The van der Waals surface area contributed by atoms with Gasteiger partial charge < -0.3 is 11.1 Å². The molecule has 0 fully saturated rings. The Labute approximate surface area is 118 Å². The lowest BCUT2D eigenvalue weighted by Crippen LogP contribution is -2.14. The minimum atomic E-state index is -0.512. The number of pyridine rings is 1. The SMILES string of the molecule is Cc1nccn1-c1ccc(NC(=O)c2nonc2N)cn1. The molecule has 3 aromatic rings.